The minimum absolute atomic E-state index is 0.594. The Morgan fingerprint density at radius 1 is 0.365 bits per heavy atom. The summed E-state index contributed by atoms with van der Waals surface area (Å²) in [5.41, 5.74) is 9.73. The van der Waals surface area contributed by atoms with Crippen LogP contribution in [0.15, 0.2) is 168 Å². The van der Waals surface area contributed by atoms with Crippen LogP contribution in [0.5, 0.6) is 0 Å². The quantitative estimate of drug-likeness (QED) is 0.189. The highest BCUT2D eigenvalue weighted by molar-refractivity contribution is 6.18. The fourth-order valence-electron chi connectivity index (χ4n) is 8.47. The van der Waals surface area contributed by atoms with E-state index in [0.717, 1.165) is 82.2 Å². The molecule has 0 fully saturated rings. The fraction of sp³-hybridized carbons (Fsp3) is 0. The average molecular weight is 666 g/mol. The molecule has 0 aliphatic rings. The van der Waals surface area contributed by atoms with Crippen molar-refractivity contribution in [3.05, 3.63) is 164 Å². The first kappa shape index (κ1) is 27.6. The lowest BCUT2D eigenvalue weighted by atomic mass is 10.1. The average Bonchev–Trinajstić information content (AvgIpc) is 3.93. The minimum atomic E-state index is 0.594. The summed E-state index contributed by atoms with van der Waals surface area (Å²) in [5.74, 6) is 1.30. The van der Waals surface area contributed by atoms with Gasteiger partial charge in [0.15, 0.2) is 11.4 Å². The molecule has 0 aliphatic carbocycles. The lowest BCUT2D eigenvalue weighted by Crippen LogP contribution is -2.06. The molecule has 0 atom stereocenters. The Bertz CT molecular complexity index is 3310. The zero-order valence-electron chi connectivity index (χ0n) is 27.7. The third-order valence-corrected chi connectivity index (χ3v) is 10.7. The monoisotopic (exact) mass is 665 g/mol. The molecule has 0 saturated heterocycles. The number of benzene rings is 7. The van der Waals surface area contributed by atoms with Gasteiger partial charge in [0, 0.05) is 49.5 Å². The van der Waals surface area contributed by atoms with Gasteiger partial charge in [0.1, 0.15) is 11.1 Å². The van der Waals surface area contributed by atoms with Crippen LogP contribution in [0.2, 0.25) is 0 Å². The molecule has 5 heterocycles. The van der Waals surface area contributed by atoms with Gasteiger partial charge in [-0.15, -0.1) is 0 Å². The van der Waals surface area contributed by atoms with Crippen molar-refractivity contribution < 1.29 is 4.42 Å². The molecule has 242 valence electrons. The molecule has 0 unspecified atom stereocenters. The van der Waals surface area contributed by atoms with E-state index in [2.05, 4.69) is 177 Å². The maximum atomic E-state index is 6.98. The maximum Gasteiger partial charge on any atom is 0.237 e. The molecular weight excluding hydrogens is 639 g/mol. The van der Waals surface area contributed by atoms with Crippen molar-refractivity contribution >= 4 is 87.5 Å². The molecule has 0 saturated carbocycles. The van der Waals surface area contributed by atoms with Gasteiger partial charge in [0.2, 0.25) is 5.95 Å². The predicted octanol–water partition coefficient (Wildman–Crippen LogP) is 11.7. The van der Waals surface area contributed by atoms with Crippen LogP contribution in [-0.4, -0.2) is 23.7 Å². The highest BCUT2D eigenvalue weighted by atomic mass is 16.3. The molecule has 12 rings (SSSR count). The molecule has 6 heteroatoms. The summed E-state index contributed by atoms with van der Waals surface area (Å²) >= 11 is 0. The van der Waals surface area contributed by atoms with E-state index in [1.807, 2.05) is 0 Å². The van der Waals surface area contributed by atoms with Crippen molar-refractivity contribution in [2.45, 2.75) is 0 Å². The van der Waals surface area contributed by atoms with E-state index in [-0.39, 0.29) is 0 Å². The van der Waals surface area contributed by atoms with E-state index < -0.39 is 0 Å². The third-order valence-electron chi connectivity index (χ3n) is 10.7. The Morgan fingerprint density at radius 2 is 0.827 bits per heavy atom. The van der Waals surface area contributed by atoms with Crippen LogP contribution in [-0.2, 0) is 0 Å². The molecule has 7 aromatic carbocycles. The third kappa shape index (κ3) is 3.62. The Morgan fingerprint density at radius 3 is 1.38 bits per heavy atom. The molecular formula is C46H27N5O. The maximum absolute atomic E-state index is 6.98. The summed E-state index contributed by atoms with van der Waals surface area (Å²) in [5, 5.41) is 7.91. The standard InChI is InChI=1S/C46H27N5O/c1-2-14-28(15-3-1)49-36-21-9-8-20-33(36)34-26-35-42(27-41(34)49)52-44-43(35)47-46(51-39-24-12-6-18-31(39)32-19-7-13-25-40(32)51)48-45(44)50-37-22-10-4-16-29(37)30-17-5-11-23-38(30)50/h1-27H. The normalized spacial score (nSPS) is 12.2. The summed E-state index contributed by atoms with van der Waals surface area (Å²) in [4.78, 5) is 10.9. The van der Waals surface area contributed by atoms with Gasteiger partial charge >= 0.3 is 0 Å². The van der Waals surface area contributed by atoms with Crippen LogP contribution in [0.25, 0.3) is 105 Å². The molecule has 5 aromatic heterocycles. The van der Waals surface area contributed by atoms with Gasteiger partial charge in [0.05, 0.1) is 33.1 Å². The first-order valence-corrected chi connectivity index (χ1v) is 17.5. The molecule has 0 radical (unpaired) electrons. The smallest absolute Gasteiger partial charge is 0.237 e. The first-order valence-electron chi connectivity index (χ1n) is 17.5. The van der Waals surface area contributed by atoms with Crippen LogP contribution < -0.4 is 0 Å². The Hall–Kier alpha value is -7.18. The molecule has 0 N–H and O–H groups in total. The molecule has 0 aliphatic heterocycles. The molecule has 6 nitrogen and oxygen atoms in total. The van der Waals surface area contributed by atoms with Gasteiger partial charge in [-0.1, -0.05) is 109 Å². The Balaban J connectivity index is 1.27. The van der Waals surface area contributed by atoms with E-state index in [0.29, 0.717) is 17.3 Å². The summed E-state index contributed by atoms with van der Waals surface area (Å²) in [6.07, 6.45) is 0. The van der Waals surface area contributed by atoms with Crippen LogP contribution >= 0.6 is 0 Å². The van der Waals surface area contributed by atoms with Gasteiger partial charge in [0.25, 0.3) is 0 Å². The molecule has 12 aromatic rings. The first-order chi connectivity index (χ1) is 25.8. The zero-order valence-corrected chi connectivity index (χ0v) is 27.7. The number of aromatic nitrogens is 5. The highest BCUT2D eigenvalue weighted by Gasteiger charge is 2.25. The van der Waals surface area contributed by atoms with Crippen molar-refractivity contribution in [2.75, 3.05) is 0 Å². The number of furan rings is 1. The van der Waals surface area contributed by atoms with Crippen molar-refractivity contribution in [1.82, 2.24) is 23.7 Å². The van der Waals surface area contributed by atoms with Gasteiger partial charge < -0.3 is 8.98 Å². The minimum Gasteiger partial charge on any atom is -0.450 e. The molecule has 0 bridgehead atoms. The van der Waals surface area contributed by atoms with Crippen molar-refractivity contribution in [3.8, 4) is 17.5 Å². The van der Waals surface area contributed by atoms with E-state index in [9.17, 15) is 0 Å². The Kier molecular flexibility index (Phi) is 5.41. The molecule has 0 amide bonds. The van der Waals surface area contributed by atoms with Gasteiger partial charge in [-0.25, -0.2) is 4.98 Å². The predicted molar refractivity (Wildman–Crippen MR) is 212 cm³/mol. The van der Waals surface area contributed by atoms with E-state index in [1.54, 1.807) is 0 Å². The second-order valence-corrected chi connectivity index (χ2v) is 13.4. The summed E-state index contributed by atoms with van der Waals surface area (Å²) in [6, 6.07) is 57.6. The second kappa shape index (κ2) is 10.2. The van der Waals surface area contributed by atoms with E-state index in [4.69, 9.17) is 14.4 Å². The highest BCUT2D eigenvalue weighted by Crippen LogP contribution is 2.41. The van der Waals surface area contributed by atoms with Gasteiger partial charge in [-0.05, 0) is 48.5 Å². The summed E-state index contributed by atoms with van der Waals surface area (Å²) < 4.78 is 13.7. The largest absolute Gasteiger partial charge is 0.450 e. The number of rotatable bonds is 3. The van der Waals surface area contributed by atoms with Crippen molar-refractivity contribution in [3.63, 3.8) is 0 Å². The van der Waals surface area contributed by atoms with Crippen LogP contribution in [0, 0.1) is 0 Å². The second-order valence-electron chi connectivity index (χ2n) is 13.4. The summed E-state index contributed by atoms with van der Waals surface area (Å²) in [7, 11) is 0. The summed E-state index contributed by atoms with van der Waals surface area (Å²) in [6.45, 7) is 0. The van der Waals surface area contributed by atoms with Crippen molar-refractivity contribution in [1.29, 1.82) is 0 Å². The molecule has 0 spiro atoms. The Labute approximate surface area is 296 Å². The number of fused-ring (bicyclic) bond motifs is 12. The fourth-order valence-corrected chi connectivity index (χ4v) is 8.47. The van der Waals surface area contributed by atoms with Gasteiger partial charge in [-0.2, -0.15) is 4.98 Å². The van der Waals surface area contributed by atoms with E-state index in [1.165, 1.54) is 5.39 Å². The van der Waals surface area contributed by atoms with Crippen LogP contribution in [0.1, 0.15) is 0 Å². The van der Waals surface area contributed by atoms with Crippen LogP contribution in [0.3, 0.4) is 0 Å². The molecule has 52 heavy (non-hydrogen) atoms. The number of hydrogen-bond acceptors (Lipinski definition) is 3. The van der Waals surface area contributed by atoms with Gasteiger partial charge in [-0.3, -0.25) is 9.13 Å². The zero-order chi connectivity index (χ0) is 33.9. The topological polar surface area (TPSA) is 53.7 Å². The lowest BCUT2D eigenvalue weighted by Gasteiger charge is -2.11. The number of para-hydroxylation sites is 6. The van der Waals surface area contributed by atoms with Crippen molar-refractivity contribution in [2.24, 2.45) is 0 Å². The lowest BCUT2D eigenvalue weighted by molar-refractivity contribution is 0.662. The number of nitrogens with zero attached hydrogens (tertiary/aromatic N) is 5. The SMILES string of the molecule is c1ccc(-n2c3ccccc3c3cc4c(cc32)oc2c(-n3c5ccccc5c5ccccc53)nc(-n3c5ccccc5c5ccccc53)nc24)cc1. The van der Waals surface area contributed by atoms with E-state index >= 15 is 0 Å². The number of hydrogen-bond donors (Lipinski definition) is 0. The van der Waals surface area contributed by atoms with Crippen LogP contribution in [0.4, 0.5) is 0 Å².